The fourth-order valence-corrected chi connectivity index (χ4v) is 2.70. The highest BCUT2D eigenvalue weighted by Crippen LogP contribution is 2.29. The van der Waals surface area contributed by atoms with Crippen LogP contribution in [0, 0.1) is 0 Å². The highest BCUT2D eigenvalue weighted by molar-refractivity contribution is 6.04. The molecule has 0 bridgehead atoms. The predicted molar refractivity (Wildman–Crippen MR) is 93.3 cm³/mol. The number of nitrogen functional groups attached to an aromatic ring is 2. The first-order valence-electron chi connectivity index (χ1n) is 7.80. The van der Waals surface area contributed by atoms with Crippen LogP contribution in [0.15, 0.2) is 12.3 Å². The van der Waals surface area contributed by atoms with Crippen molar-refractivity contribution >= 4 is 33.6 Å². The average Bonchev–Trinajstić information content (AvgIpc) is 2.82. The number of fused-ring (bicyclic) bond motifs is 3. The third-order valence-corrected chi connectivity index (χ3v) is 3.62. The van der Waals surface area contributed by atoms with Crippen LogP contribution in [0.1, 0.15) is 26.6 Å². The highest BCUT2D eigenvalue weighted by atomic mass is 16.5. The summed E-state index contributed by atoms with van der Waals surface area (Å²) in [7, 11) is 0. The van der Waals surface area contributed by atoms with Gasteiger partial charge in [0.05, 0.1) is 29.5 Å². The summed E-state index contributed by atoms with van der Waals surface area (Å²) in [6.45, 7) is 6.60. The second-order valence-electron chi connectivity index (χ2n) is 6.39. The Bertz CT molecular complexity index is 897. The fourth-order valence-electron chi connectivity index (χ4n) is 2.70. The zero-order valence-corrected chi connectivity index (χ0v) is 14.1. The smallest absolute Gasteiger partial charge is 0.152 e. The van der Waals surface area contributed by atoms with Crippen molar-refractivity contribution in [1.82, 2.24) is 19.5 Å². The lowest BCUT2D eigenvalue weighted by Crippen LogP contribution is -2.27. The molecule has 3 aromatic rings. The molecule has 8 nitrogen and oxygen atoms in total. The van der Waals surface area contributed by atoms with Crippen molar-refractivity contribution in [3.63, 3.8) is 0 Å². The Morgan fingerprint density at radius 3 is 2.67 bits per heavy atom. The standard InChI is InChI=1S/C16H22N6O2/c1-4-24-7-11-21-13-14(22(11)8-16(2,3)23)12-10(20-15(13)18)5-9(17)6-19-12/h5-6,23H,4,7-8,17H2,1-3H3,(H2,18,20). The van der Waals surface area contributed by atoms with Crippen LogP contribution in [0.4, 0.5) is 11.5 Å². The lowest BCUT2D eigenvalue weighted by Gasteiger charge is -2.20. The molecule has 0 aromatic carbocycles. The highest BCUT2D eigenvalue weighted by Gasteiger charge is 2.23. The van der Waals surface area contributed by atoms with E-state index in [-0.39, 0.29) is 0 Å². The zero-order chi connectivity index (χ0) is 17.5. The van der Waals surface area contributed by atoms with Crippen molar-refractivity contribution in [3.05, 3.63) is 18.1 Å². The van der Waals surface area contributed by atoms with Crippen molar-refractivity contribution in [3.8, 4) is 0 Å². The molecule has 0 unspecified atom stereocenters. The summed E-state index contributed by atoms with van der Waals surface area (Å²) >= 11 is 0. The Labute approximate surface area is 139 Å². The molecule has 5 N–H and O–H groups in total. The summed E-state index contributed by atoms with van der Waals surface area (Å²) in [5.41, 5.74) is 14.0. The molecule has 3 aromatic heterocycles. The first-order valence-corrected chi connectivity index (χ1v) is 7.80. The maximum absolute atomic E-state index is 10.3. The van der Waals surface area contributed by atoms with Crippen molar-refractivity contribution in [2.75, 3.05) is 18.1 Å². The van der Waals surface area contributed by atoms with Crippen LogP contribution in [0.5, 0.6) is 0 Å². The Hall–Kier alpha value is -2.45. The molecule has 0 aliphatic carbocycles. The van der Waals surface area contributed by atoms with Crippen molar-refractivity contribution in [2.24, 2.45) is 0 Å². The van der Waals surface area contributed by atoms with Gasteiger partial charge in [-0.15, -0.1) is 0 Å². The molecule has 0 spiro atoms. The number of rotatable bonds is 5. The van der Waals surface area contributed by atoms with E-state index in [9.17, 15) is 5.11 Å². The Balaban J connectivity index is 2.34. The quantitative estimate of drug-likeness (QED) is 0.646. The number of aromatic nitrogens is 4. The summed E-state index contributed by atoms with van der Waals surface area (Å²) in [6, 6.07) is 1.72. The van der Waals surface area contributed by atoms with Crippen LogP contribution in [-0.4, -0.2) is 36.8 Å². The number of pyridine rings is 2. The molecule has 0 aliphatic rings. The van der Waals surface area contributed by atoms with E-state index in [0.29, 0.717) is 53.6 Å². The second kappa shape index (κ2) is 5.88. The van der Waals surface area contributed by atoms with Gasteiger partial charge in [-0.05, 0) is 26.8 Å². The summed E-state index contributed by atoms with van der Waals surface area (Å²) in [5.74, 6) is 0.978. The van der Waals surface area contributed by atoms with E-state index in [4.69, 9.17) is 16.2 Å². The van der Waals surface area contributed by atoms with Gasteiger partial charge in [0.15, 0.2) is 5.82 Å². The van der Waals surface area contributed by atoms with Crippen LogP contribution >= 0.6 is 0 Å². The molecule has 3 rings (SSSR count). The van der Waals surface area contributed by atoms with Crippen molar-refractivity contribution < 1.29 is 9.84 Å². The molecule has 8 heteroatoms. The molecule has 128 valence electrons. The van der Waals surface area contributed by atoms with Gasteiger partial charge in [0, 0.05) is 6.61 Å². The number of hydrogen-bond acceptors (Lipinski definition) is 7. The van der Waals surface area contributed by atoms with Gasteiger partial charge in [0.2, 0.25) is 0 Å². The van der Waals surface area contributed by atoms with E-state index in [1.165, 1.54) is 0 Å². The van der Waals surface area contributed by atoms with E-state index >= 15 is 0 Å². The van der Waals surface area contributed by atoms with Crippen molar-refractivity contribution in [1.29, 1.82) is 0 Å². The minimum atomic E-state index is -0.938. The summed E-state index contributed by atoms with van der Waals surface area (Å²) in [6.07, 6.45) is 1.57. The van der Waals surface area contributed by atoms with E-state index < -0.39 is 5.60 Å². The molecule has 0 amide bonds. The summed E-state index contributed by atoms with van der Waals surface area (Å²) in [5, 5.41) is 10.3. The van der Waals surface area contributed by atoms with E-state index in [2.05, 4.69) is 15.0 Å². The molecule has 0 fully saturated rings. The largest absolute Gasteiger partial charge is 0.397 e. The lowest BCUT2D eigenvalue weighted by molar-refractivity contribution is 0.0582. The van der Waals surface area contributed by atoms with Crippen LogP contribution in [0.25, 0.3) is 22.1 Å². The maximum Gasteiger partial charge on any atom is 0.152 e. The monoisotopic (exact) mass is 330 g/mol. The predicted octanol–water partition coefficient (Wildman–Crippen LogP) is 1.45. The summed E-state index contributed by atoms with van der Waals surface area (Å²) < 4.78 is 7.41. The number of anilines is 2. The Kier molecular flexibility index (Phi) is 4.02. The molecule has 0 atom stereocenters. The summed E-state index contributed by atoms with van der Waals surface area (Å²) in [4.78, 5) is 13.3. The van der Waals surface area contributed by atoms with E-state index in [0.717, 1.165) is 5.52 Å². The molecular weight excluding hydrogens is 308 g/mol. The molecular formula is C16H22N6O2. The van der Waals surface area contributed by atoms with Crippen LogP contribution < -0.4 is 11.5 Å². The van der Waals surface area contributed by atoms with E-state index in [1.807, 2.05) is 11.5 Å². The van der Waals surface area contributed by atoms with Gasteiger partial charge in [-0.1, -0.05) is 0 Å². The molecule has 0 saturated carbocycles. The first-order chi connectivity index (χ1) is 11.3. The second-order valence-corrected chi connectivity index (χ2v) is 6.39. The zero-order valence-electron chi connectivity index (χ0n) is 14.1. The van der Waals surface area contributed by atoms with Gasteiger partial charge in [0.25, 0.3) is 0 Å². The number of hydrogen-bond donors (Lipinski definition) is 3. The average molecular weight is 330 g/mol. The van der Waals surface area contributed by atoms with Crippen LogP contribution in [0.3, 0.4) is 0 Å². The molecule has 0 aliphatic heterocycles. The van der Waals surface area contributed by atoms with Gasteiger partial charge < -0.3 is 25.9 Å². The topological polar surface area (TPSA) is 125 Å². The van der Waals surface area contributed by atoms with Crippen LogP contribution in [-0.2, 0) is 17.9 Å². The van der Waals surface area contributed by atoms with Gasteiger partial charge in [-0.2, -0.15) is 0 Å². The third-order valence-electron chi connectivity index (χ3n) is 3.62. The number of nitrogens with zero attached hydrogens (tertiary/aromatic N) is 4. The van der Waals surface area contributed by atoms with Crippen LogP contribution in [0.2, 0.25) is 0 Å². The number of nitrogens with two attached hydrogens (primary N) is 2. The molecule has 0 radical (unpaired) electrons. The lowest BCUT2D eigenvalue weighted by atomic mass is 10.1. The van der Waals surface area contributed by atoms with Crippen molar-refractivity contribution in [2.45, 2.75) is 39.5 Å². The van der Waals surface area contributed by atoms with Gasteiger partial charge >= 0.3 is 0 Å². The fraction of sp³-hybridized carbons (Fsp3) is 0.438. The molecule has 3 heterocycles. The number of ether oxygens (including phenoxy) is 1. The SMILES string of the molecule is CCOCc1nc2c(N)nc3cc(N)cnc3c2n1CC(C)(C)O. The molecule has 0 saturated heterocycles. The molecule has 24 heavy (non-hydrogen) atoms. The van der Waals surface area contributed by atoms with Gasteiger partial charge in [0.1, 0.15) is 29.0 Å². The minimum absolute atomic E-state index is 0.303. The van der Waals surface area contributed by atoms with Gasteiger partial charge in [-0.25, -0.2) is 9.97 Å². The first kappa shape index (κ1) is 16.4. The minimum Gasteiger partial charge on any atom is -0.397 e. The Morgan fingerprint density at radius 1 is 1.25 bits per heavy atom. The number of aliphatic hydroxyl groups is 1. The van der Waals surface area contributed by atoms with Gasteiger partial charge in [-0.3, -0.25) is 4.98 Å². The number of imidazole rings is 1. The maximum atomic E-state index is 10.3. The third kappa shape index (κ3) is 2.98. The van der Waals surface area contributed by atoms with E-state index in [1.54, 1.807) is 26.1 Å². The Morgan fingerprint density at radius 2 is 2.00 bits per heavy atom. The normalized spacial score (nSPS) is 12.3.